The second-order valence-electron chi connectivity index (χ2n) is 5.85. The Morgan fingerprint density at radius 2 is 2.19 bits per heavy atom. The SMILES string of the molecule is COc1cc(Cl)cc(CN2CCOC3CCCCC32)c1O. The van der Waals surface area contributed by atoms with E-state index >= 15 is 0 Å². The van der Waals surface area contributed by atoms with Gasteiger partial charge in [0.2, 0.25) is 0 Å². The third-order valence-corrected chi connectivity index (χ3v) is 4.78. The Kier molecular flexibility index (Phi) is 4.57. The van der Waals surface area contributed by atoms with Crippen molar-refractivity contribution in [1.29, 1.82) is 0 Å². The first-order valence-corrected chi connectivity index (χ1v) is 7.98. The molecule has 1 saturated carbocycles. The van der Waals surface area contributed by atoms with Crippen LogP contribution in [0, 0.1) is 0 Å². The standard InChI is InChI=1S/C16H22ClNO3/c1-20-15-9-12(17)8-11(16(15)19)10-18-6-7-21-14-5-3-2-4-13(14)18/h8-9,13-14,19H,2-7,10H2,1H3. The van der Waals surface area contributed by atoms with Crippen molar-refractivity contribution >= 4 is 11.6 Å². The molecular weight excluding hydrogens is 290 g/mol. The lowest BCUT2D eigenvalue weighted by molar-refractivity contribution is -0.0912. The maximum absolute atomic E-state index is 10.3. The molecule has 0 bridgehead atoms. The van der Waals surface area contributed by atoms with Gasteiger partial charge in [0, 0.05) is 35.8 Å². The molecule has 21 heavy (non-hydrogen) atoms. The lowest BCUT2D eigenvalue weighted by Crippen LogP contribution is -2.52. The van der Waals surface area contributed by atoms with E-state index in [0.29, 0.717) is 29.5 Å². The molecule has 2 aliphatic rings. The average molecular weight is 312 g/mol. The monoisotopic (exact) mass is 311 g/mol. The van der Waals surface area contributed by atoms with Crippen LogP contribution in [0.3, 0.4) is 0 Å². The zero-order chi connectivity index (χ0) is 14.8. The highest BCUT2D eigenvalue weighted by Gasteiger charge is 2.34. The van der Waals surface area contributed by atoms with E-state index in [-0.39, 0.29) is 5.75 Å². The van der Waals surface area contributed by atoms with Crippen molar-refractivity contribution in [3.63, 3.8) is 0 Å². The number of phenolic OH excluding ortho intramolecular Hbond substituents is 1. The molecule has 2 atom stereocenters. The van der Waals surface area contributed by atoms with Crippen molar-refractivity contribution in [3.05, 3.63) is 22.7 Å². The summed E-state index contributed by atoms with van der Waals surface area (Å²) in [4.78, 5) is 2.41. The Morgan fingerprint density at radius 3 is 3.00 bits per heavy atom. The molecule has 1 heterocycles. The van der Waals surface area contributed by atoms with Gasteiger partial charge in [-0.1, -0.05) is 24.4 Å². The van der Waals surface area contributed by atoms with Crippen LogP contribution >= 0.6 is 11.6 Å². The number of halogens is 1. The van der Waals surface area contributed by atoms with E-state index in [4.69, 9.17) is 21.1 Å². The third-order valence-electron chi connectivity index (χ3n) is 4.56. The summed E-state index contributed by atoms with van der Waals surface area (Å²) in [5, 5.41) is 10.9. The Labute approximate surface area is 130 Å². The van der Waals surface area contributed by atoms with Crippen LogP contribution in [-0.4, -0.2) is 42.4 Å². The van der Waals surface area contributed by atoms with E-state index in [1.165, 1.54) is 19.3 Å². The number of benzene rings is 1. The summed E-state index contributed by atoms with van der Waals surface area (Å²) in [6, 6.07) is 3.92. The maximum Gasteiger partial charge on any atom is 0.162 e. The van der Waals surface area contributed by atoms with Gasteiger partial charge in [-0.05, 0) is 18.9 Å². The fourth-order valence-corrected chi connectivity index (χ4v) is 3.73. The third kappa shape index (κ3) is 3.12. The molecule has 1 aliphatic heterocycles. The molecule has 116 valence electrons. The quantitative estimate of drug-likeness (QED) is 0.931. The molecule has 0 amide bonds. The molecule has 3 rings (SSSR count). The number of fused-ring (bicyclic) bond motifs is 1. The number of hydrogen-bond donors (Lipinski definition) is 1. The lowest BCUT2D eigenvalue weighted by Gasteiger charge is -2.44. The van der Waals surface area contributed by atoms with Crippen molar-refractivity contribution in [2.75, 3.05) is 20.3 Å². The fraction of sp³-hybridized carbons (Fsp3) is 0.625. The fourth-order valence-electron chi connectivity index (χ4n) is 3.50. The second-order valence-corrected chi connectivity index (χ2v) is 6.28. The highest BCUT2D eigenvalue weighted by Crippen LogP contribution is 2.36. The number of aromatic hydroxyl groups is 1. The van der Waals surface area contributed by atoms with Crippen LogP contribution in [0.15, 0.2) is 12.1 Å². The molecule has 0 radical (unpaired) electrons. The molecule has 1 saturated heterocycles. The van der Waals surface area contributed by atoms with Crippen LogP contribution in [0.25, 0.3) is 0 Å². The summed E-state index contributed by atoms with van der Waals surface area (Å²) >= 11 is 6.12. The van der Waals surface area contributed by atoms with Crippen molar-refractivity contribution in [2.45, 2.75) is 44.4 Å². The molecule has 1 aromatic carbocycles. The van der Waals surface area contributed by atoms with Gasteiger partial charge < -0.3 is 14.6 Å². The second kappa shape index (κ2) is 6.42. The molecule has 4 nitrogen and oxygen atoms in total. The van der Waals surface area contributed by atoms with Gasteiger partial charge in [-0.15, -0.1) is 0 Å². The first-order chi connectivity index (χ1) is 10.2. The molecule has 1 aromatic rings. The number of morpholine rings is 1. The smallest absolute Gasteiger partial charge is 0.162 e. The number of ether oxygens (including phenoxy) is 2. The molecule has 1 N–H and O–H groups in total. The van der Waals surface area contributed by atoms with Crippen LogP contribution < -0.4 is 4.74 Å². The van der Waals surface area contributed by atoms with Crippen LogP contribution in [-0.2, 0) is 11.3 Å². The zero-order valence-electron chi connectivity index (χ0n) is 12.3. The molecular formula is C16H22ClNO3. The lowest BCUT2D eigenvalue weighted by atomic mass is 9.90. The number of nitrogens with zero attached hydrogens (tertiary/aromatic N) is 1. The van der Waals surface area contributed by atoms with Crippen molar-refractivity contribution in [1.82, 2.24) is 4.90 Å². The van der Waals surface area contributed by atoms with E-state index in [0.717, 1.165) is 25.1 Å². The van der Waals surface area contributed by atoms with Gasteiger partial charge in [-0.2, -0.15) is 0 Å². The number of phenols is 1. The van der Waals surface area contributed by atoms with Gasteiger partial charge in [0.15, 0.2) is 11.5 Å². The molecule has 5 heteroatoms. The predicted molar refractivity (Wildman–Crippen MR) is 82.1 cm³/mol. The minimum Gasteiger partial charge on any atom is -0.504 e. The first kappa shape index (κ1) is 14.9. The topological polar surface area (TPSA) is 41.9 Å². The van der Waals surface area contributed by atoms with E-state index in [1.807, 2.05) is 6.07 Å². The molecule has 0 aromatic heterocycles. The molecule has 2 fully saturated rings. The van der Waals surface area contributed by atoms with Crippen LogP contribution in [0.5, 0.6) is 11.5 Å². The average Bonchev–Trinajstić information content (AvgIpc) is 2.51. The minimum absolute atomic E-state index is 0.195. The van der Waals surface area contributed by atoms with Crippen LogP contribution in [0.1, 0.15) is 31.2 Å². The maximum atomic E-state index is 10.3. The first-order valence-electron chi connectivity index (χ1n) is 7.60. The van der Waals surface area contributed by atoms with Gasteiger partial charge in [-0.3, -0.25) is 4.90 Å². The van der Waals surface area contributed by atoms with E-state index in [1.54, 1.807) is 13.2 Å². The predicted octanol–water partition coefficient (Wildman–Crippen LogP) is 3.20. The van der Waals surface area contributed by atoms with Crippen molar-refractivity contribution < 1.29 is 14.6 Å². The van der Waals surface area contributed by atoms with Crippen LogP contribution in [0.2, 0.25) is 5.02 Å². The molecule has 1 aliphatic carbocycles. The van der Waals surface area contributed by atoms with E-state index in [9.17, 15) is 5.11 Å². The summed E-state index contributed by atoms with van der Waals surface area (Å²) in [5.74, 6) is 0.631. The summed E-state index contributed by atoms with van der Waals surface area (Å²) in [5.41, 5.74) is 0.825. The Morgan fingerprint density at radius 1 is 1.38 bits per heavy atom. The summed E-state index contributed by atoms with van der Waals surface area (Å²) < 4.78 is 11.1. The Bertz CT molecular complexity index is 507. The Balaban J connectivity index is 1.80. The summed E-state index contributed by atoms with van der Waals surface area (Å²) in [7, 11) is 1.54. The van der Waals surface area contributed by atoms with E-state index in [2.05, 4.69) is 4.90 Å². The highest BCUT2D eigenvalue weighted by molar-refractivity contribution is 6.30. The number of rotatable bonds is 3. The van der Waals surface area contributed by atoms with Gasteiger partial charge in [0.05, 0.1) is 19.8 Å². The number of methoxy groups -OCH3 is 1. The molecule has 2 unspecified atom stereocenters. The summed E-state index contributed by atoms with van der Waals surface area (Å²) in [6.45, 7) is 2.35. The van der Waals surface area contributed by atoms with Gasteiger partial charge in [0.25, 0.3) is 0 Å². The van der Waals surface area contributed by atoms with Crippen molar-refractivity contribution in [2.24, 2.45) is 0 Å². The van der Waals surface area contributed by atoms with Gasteiger partial charge in [0.1, 0.15) is 0 Å². The van der Waals surface area contributed by atoms with Crippen molar-refractivity contribution in [3.8, 4) is 11.5 Å². The zero-order valence-corrected chi connectivity index (χ0v) is 13.1. The normalized spacial score (nSPS) is 26.4. The van der Waals surface area contributed by atoms with Gasteiger partial charge in [-0.25, -0.2) is 0 Å². The largest absolute Gasteiger partial charge is 0.504 e. The Hall–Kier alpha value is -0.970. The minimum atomic E-state index is 0.195. The van der Waals surface area contributed by atoms with Crippen LogP contribution in [0.4, 0.5) is 0 Å². The number of hydrogen-bond acceptors (Lipinski definition) is 4. The van der Waals surface area contributed by atoms with Gasteiger partial charge >= 0.3 is 0 Å². The summed E-state index contributed by atoms with van der Waals surface area (Å²) in [6.07, 6.45) is 5.17. The van der Waals surface area contributed by atoms with E-state index < -0.39 is 0 Å². The highest BCUT2D eigenvalue weighted by atomic mass is 35.5. The molecule has 0 spiro atoms.